The fraction of sp³-hybridized carbons (Fsp3) is 0.429. The minimum absolute atomic E-state index is 0.00767. The lowest BCUT2D eigenvalue weighted by Gasteiger charge is -2.17. The van der Waals surface area contributed by atoms with Gasteiger partial charge in [0.05, 0.1) is 11.6 Å². The third-order valence-corrected chi connectivity index (χ3v) is 2.97. The highest BCUT2D eigenvalue weighted by molar-refractivity contribution is 5.89. The molecule has 5 nitrogen and oxygen atoms in total. The first-order valence-electron chi connectivity index (χ1n) is 6.35. The Morgan fingerprint density at radius 2 is 2.00 bits per heavy atom. The van der Waals surface area contributed by atoms with E-state index in [0.717, 1.165) is 5.56 Å². The molecule has 0 aliphatic heterocycles. The zero-order chi connectivity index (χ0) is 15.3. The van der Waals surface area contributed by atoms with E-state index in [4.69, 9.17) is 5.11 Å². The summed E-state index contributed by atoms with van der Waals surface area (Å²) in [6, 6.07) is 3.74. The number of nitrogens with one attached hydrogen (secondary N) is 2. The van der Waals surface area contributed by atoms with Crippen LogP contribution in [-0.4, -0.2) is 23.7 Å². The summed E-state index contributed by atoms with van der Waals surface area (Å²) >= 11 is 0. The SMILES string of the molecule is Cc1ccc(F)c(NC(=O)NCC(C(=O)O)C(C)C)c1. The fourth-order valence-electron chi connectivity index (χ4n) is 1.71. The van der Waals surface area contributed by atoms with Gasteiger partial charge in [-0.05, 0) is 30.5 Å². The molecule has 6 heteroatoms. The van der Waals surface area contributed by atoms with Crippen molar-refractivity contribution >= 4 is 17.7 Å². The maximum absolute atomic E-state index is 13.4. The van der Waals surface area contributed by atoms with Crippen molar-refractivity contribution in [3.05, 3.63) is 29.6 Å². The van der Waals surface area contributed by atoms with Gasteiger partial charge in [0.25, 0.3) is 0 Å². The number of amides is 2. The Kier molecular flexibility index (Phi) is 5.49. The van der Waals surface area contributed by atoms with E-state index in [1.165, 1.54) is 12.1 Å². The summed E-state index contributed by atoms with van der Waals surface area (Å²) in [4.78, 5) is 22.6. The van der Waals surface area contributed by atoms with E-state index >= 15 is 0 Å². The van der Waals surface area contributed by atoms with Gasteiger partial charge in [-0.1, -0.05) is 19.9 Å². The maximum Gasteiger partial charge on any atom is 0.319 e. The number of hydrogen-bond acceptors (Lipinski definition) is 2. The van der Waals surface area contributed by atoms with Crippen LogP contribution in [0.1, 0.15) is 19.4 Å². The van der Waals surface area contributed by atoms with E-state index in [9.17, 15) is 14.0 Å². The van der Waals surface area contributed by atoms with E-state index in [2.05, 4.69) is 10.6 Å². The van der Waals surface area contributed by atoms with Crippen molar-refractivity contribution in [1.29, 1.82) is 0 Å². The van der Waals surface area contributed by atoms with Crippen LogP contribution in [0.25, 0.3) is 0 Å². The molecule has 0 aliphatic rings. The topological polar surface area (TPSA) is 78.4 Å². The van der Waals surface area contributed by atoms with Crippen molar-refractivity contribution in [2.45, 2.75) is 20.8 Å². The highest BCUT2D eigenvalue weighted by Crippen LogP contribution is 2.15. The normalized spacial score (nSPS) is 12.1. The summed E-state index contributed by atoms with van der Waals surface area (Å²) < 4.78 is 13.4. The number of carbonyl (C=O) groups is 2. The average Bonchev–Trinajstić information content (AvgIpc) is 2.33. The van der Waals surface area contributed by atoms with Crippen LogP contribution in [0.2, 0.25) is 0 Å². The molecule has 0 heterocycles. The molecule has 0 spiro atoms. The average molecular weight is 282 g/mol. The number of carbonyl (C=O) groups excluding carboxylic acids is 1. The van der Waals surface area contributed by atoms with Crippen LogP contribution in [-0.2, 0) is 4.79 Å². The van der Waals surface area contributed by atoms with Gasteiger partial charge in [-0.25, -0.2) is 9.18 Å². The van der Waals surface area contributed by atoms with Crippen LogP contribution >= 0.6 is 0 Å². The van der Waals surface area contributed by atoms with E-state index < -0.39 is 23.7 Å². The Morgan fingerprint density at radius 1 is 1.35 bits per heavy atom. The number of carboxylic acid groups (broad SMARTS) is 1. The Morgan fingerprint density at radius 3 is 2.55 bits per heavy atom. The number of carboxylic acids is 1. The molecule has 2 amide bonds. The van der Waals surface area contributed by atoms with Gasteiger partial charge < -0.3 is 15.7 Å². The Hall–Kier alpha value is -2.11. The molecule has 1 rings (SSSR count). The Balaban J connectivity index is 2.60. The molecule has 0 saturated carbocycles. The number of halogens is 1. The molecule has 20 heavy (non-hydrogen) atoms. The minimum Gasteiger partial charge on any atom is -0.481 e. The zero-order valence-corrected chi connectivity index (χ0v) is 11.7. The molecule has 0 saturated heterocycles. The monoisotopic (exact) mass is 282 g/mol. The summed E-state index contributed by atoms with van der Waals surface area (Å²) in [6.45, 7) is 5.30. The summed E-state index contributed by atoms with van der Waals surface area (Å²) in [6.07, 6.45) is 0. The number of aryl methyl sites for hydroxylation is 1. The van der Waals surface area contributed by atoms with Gasteiger partial charge in [-0.15, -0.1) is 0 Å². The van der Waals surface area contributed by atoms with Gasteiger partial charge in [0.2, 0.25) is 0 Å². The molecule has 0 bridgehead atoms. The number of urea groups is 1. The van der Waals surface area contributed by atoms with Crippen LogP contribution < -0.4 is 10.6 Å². The largest absolute Gasteiger partial charge is 0.481 e. The van der Waals surface area contributed by atoms with Gasteiger partial charge in [0.15, 0.2) is 0 Å². The highest BCUT2D eigenvalue weighted by Gasteiger charge is 2.22. The predicted molar refractivity (Wildman–Crippen MR) is 74.1 cm³/mol. The van der Waals surface area contributed by atoms with Crippen molar-refractivity contribution in [3.8, 4) is 0 Å². The Bertz CT molecular complexity index is 503. The van der Waals surface area contributed by atoms with Crippen LogP contribution in [0.5, 0.6) is 0 Å². The first-order valence-corrected chi connectivity index (χ1v) is 6.35. The van der Waals surface area contributed by atoms with Crippen LogP contribution in [0.3, 0.4) is 0 Å². The van der Waals surface area contributed by atoms with E-state index in [1.807, 2.05) is 0 Å². The molecular weight excluding hydrogens is 263 g/mol. The zero-order valence-electron chi connectivity index (χ0n) is 11.7. The Labute approximate surface area is 117 Å². The first kappa shape index (κ1) is 15.9. The number of rotatable bonds is 5. The molecule has 0 aromatic heterocycles. The van der Waals surface area contributed by atoms with Gasteiger partial charge in [0.1, 0.15) is 5.82 Å². The molecule has 0 fully saturated rings. The lowest BCUT2D eigenvalue weighted by molar-refractivity contribution is -0.142. The molecule has 0 radical (unpaired) electrons. The van der Waals surface area contributed by atoms with E-state index in [-0.39, 0.29) is 18.2 Å². The van der Waals surface area contributed by atoms with Gasteiger partial charge in [-0.2, -0.15) is 0 Å². The van der Waals surface area contributed by atoms with Crippen LogP contribution in [0.4, 0.5) is 14.9 Å². The third-order valence-electron chi connectivity index (χ3n) is 2.97. The summed E-state index contributed by atoms with van der Waals surface area (Å²) in [7, 11) is 0. The van der Waals surface area contributed by atoms with Crippen molar-refractivity contribution < 1.29 is 19.1 Å². The van der Waals surface area contributed by atoms with Crippen molar-refractivity contribution in [3.63, 3.8) is 0 Å². The van der Waals surface area contributed by atoms with E-state index in [0.29, 0.717) is 0 Å². The standard InChI is InChI=1S/C14H19FN2O3/c1-8(2)10(13(18)19)7-16-14(20)17-12-6-9(3)4-5-11(12)15/h4-6,8,10H,7H2,1-3H3,(H,18,19)(H2,16,17,20). The van der Waals surface area contributed by atoms with Crippen LogP contribution in [0, 0.1) is 24.6 Å². The summed E-state index contributed by atoms with van der Waals surface area (Å²) in [5.74, 6) is -2.29. The molecular formula is C14H19FN2O3. The molecule has 110 valence electrons. The van der Waals surface area contributed by atoms with Gasteiger partial charge in [-0.3, -0.25) is 4.79 Å². The number of anilines is 1. The summed E-state index contributed by atoms with van der Waals surface area (Å²) in [5.41, 5.74) is 0.881. The predicted octanol–water partition coefficient (Wildman–Crippen LogP) is 2.61. The molecule has 1 atom stereocenters. The molecule has 1 unspecified atom stereocenters. The maximum atomic E-state index is 13.4. The smallest absolute Gasteiger partial charge is 0.319 e. The second kappa shape index (κ2) is 6.88. The quantitative estimate of drug-likeness (QED) is 0.776. The highest BCUT2D eigenvalue weighted by atomic mass is 19.1. The third kappa shape index (κ3) is 4.53. The summed E-state index contributed by atoms with van der Waals surface area (Å²) in [5, 5.41) is 13.8. The minimum atomic E-state index is -0.970. The lowest BCUT2D eigenvalue weighted by Crippen LogP contribution is -2.37. The number of aliphatic carboxylic acids is 1. The second-order valence-electron chi connectivity index (χ2n) is 5.01. The molecule has 1 aromatic carbocycles. The second-order valence-corrected chi connectivity index (χ2v) is 5.01. The van der Waals surface area contributed by atoms with Gasteiger partial charge >= 0.3 is 12.0 Å². The van der Waals surface area contributed by atoms with Crippen molar-refractivity contribution in [2.75, 3.05) is 11.9 Å². The lowest BCUT2D eigenvalue weighted by atomic mass is 9.96. The number of benzene rings is 1. The van der Waals surface area contributed by atoms with E-state index in [1.54, 1.807) is 26.8 Å². The molecule has 3 N–H and O–H groups in total. The first-order chi connectivity index (χ1) is 9.31. The van der Waals surface area contributed by atoms with Crippen LogP contribution in [0.15, 0.2) is 18.2 Å². The fourth-order valence-corrected chi connectivity index (χ4v) is 1.71. The molecule has 1 aromatic rings. The molecule has 0 aliphatic carbocycles. The van der Waals surface area contributed by atoms with Gasteiger partial charge in [0, 0.05) is 6.54 Å². The number of hydrogen-bond donors (Lipinski definition) is 3. The van der Waals surface area contributed by atoms with Crippen molar-refractivity contribution in [2.24, 2.45) is 11.8 Å². The van der Waals surface area contributed by atoms with Crippen molar-refractivity contribution in [1.82, 2.24) is 5.32 Å².